The van der Waals surface area contributed by atoms with E-state index in [0.29, 0.717) is 6.54 Å². The number of benzene rings is 1. The molecule has 0 radical (unpaired) electrons. The van der Waals surface area contributed by atoms with Gasteiger partial charge in [0.05, 0.1) is 6.54 Å². The van der Waals surface area contributed by atoms with Crippen LogP contribution in [0.2, 0.25) is 0 Å². The van der Waals surface area contributed by atoms with Gasteiger partial charge < -0.3 is 0 Å². The molecule has 1 aromatic rings. The van der Waals surface area contributed by atoms with E-state index in [-0.39, 0.29) is 5.78 Å². The van der Waals surface area contributed by atoms with Crippen LogP contribution in [0.15, 0.2) is 28.7 Å². The summed E-state index contributed by atoms with van der Waals surface area (Å²) in [6, 6.07) is 7.62. The third-order valence-corrected chi connectivity index (χ3v) is 4.10. The van der Waals surface area contributed by atoms with Crippen LogP contribution in [0.5, 0.6) is 0 Å². The molecule has 0 spiro atoms. The molecule has 92 valence electrons. The number of rotatable bonds is 5. The molecular weight excluding hydrogens is 278 g/mol. The van der Waals surface area contributed by atoms with Gasteiger partial charge in [0.2, 0.25) is 0 Å². The number of carbonyl (C=O) groups is 1. The zero-order chi connectivity index (χ0) is 12.4. The number of hydrogen-bond donors (Lipinski definition) is 0. The lowest BCUT2D eigenvalue weighted by atomic mass is 10.1. The number of likely N-dealkylation sites (N-methyl/N-ethyl adjacent to an activating group) is 1. The van der Waals surface area contributed by atoms with Crippen LogP contribution in [0.25, 0.3) is 0 Å². The van der Waals surface area contributed by atoms with Crippen LogP contribution in [0, 0.1) is 11.8 Å². The molecule has 0 heterocycles. The summed E-state index contributed by atoms with van der Waals surface area (Å²) in [5, 5.41) is 0. The summed E-state index contributed by atoms with van der Waals surface area (Å²) in [5.74, 6) is 1.83. The molecule has 1 saturated carbocycles. The van der Waals surface area contributed by atoms with E-state index in [2.05, 4.69) is 27.8 Å². The van der Waals surface area contributed by atoms with Crippen LogP contribution < -0.4 is 0 Å². The molecule has 0 aliphatic heterocycles. The number of halogens is 1. The van der Waals surface area contributed by atoms with E-state index in [1.807, 2.05) is 31.3 Å². The standard InChI is InChI=1S/C14H18BrNO/c1-10-7-11(10)8-16(2)9-14(17)12-5-3-4-6-13(12)15/h3-6,10-11H,7-9H2,1-2H3. The van der Waals surface area contributed by atoms with Gasteiger partial charge in [0.25, 0.3) is 0 Å². The lowest BCUT2D eigenvalue weighted by Gasteiger charge is -2.15. The van der Waals surface area contributed by atoms with E-state index in [4.69, 9.17) is 0 Å². The molecule has 2 nitrogen and oxygen atoms in total. The highest BCUT2D eigenvalue weighted by atomic mass is 79.9. The fourth-order valence-electron chi connectivity index (χ4n) is 2.14. The topological polar surface area (TPSA) is 20.3 Å². The molecule has 1 aliphatic carbocycles. The lowest BCUT2D eigenvalue weighted by Crippen LogP contribution is -2.28. The zero-order valence-corrected chi connectivity index (χ0v) is 11.9. The van der Waals surface area contributed by atoms with Crippen molar-refractivity contribution in [3.05, 3.63) is 34.3 Å². The average Bonchev–Trinajstić information content (AvgIpc) is 2.94. The molecule has 1 aromatic carbocycles. The van der Waals surface area contributed by atoms with Crippen LogP contribution >= 0.6 is 15.9 Å². The van der Waals surface area contributed by atoms with Crippen LogP contribution in [0.4, 0.5) is 0 Å². The molecule has 0 amide bonds. The minimum absolute atomic E-state index is 0.188. The first-order valence-electron chi connectivity index (χ1n) is 6.04. The summed E-state index contributed by atoms with van der Waals surface area (Å²) in [4.78, 5) is 14.2. The fourth-order valence-corrected chi connectivity index (χ4v) is 2.64. The second-order valence-electron chi connectivity index (χ2n) is 5.07. The zero-order valence-electron chi connectivity index (χ0n) is 10.3. The SMILES string of the molecule is CC1CC1CN(C)CC(=O)c1ccccc1Br. The molecular formula is C14H18BrNO. The molecule has 0 aromatic heterocycles. The first-order valence-corrected chi connectivity index (χ1v) is 6.83. The van der Waals surface area contributed by atoms with Gasteiger partial charge in [-0.2, -0.15) is 0 Å². The maximum Gasteiger partial charge on any atom is 0.177 e. The monoisotopic (exact) mass is 295 g/mol. The van der Waals surface area contributed by atoms with Crippen molar-refractivity contribution in [1.29, 1.82) is 0 Å². The molecule has 1 aliphatic rings. The Balaban J connectivity index is 1.90. The van der Waals surface area contributed by atoms with E-state index < -0.39 is 0 Å². The van der Waals surface area contributed by atoms with E-state index in [1.54, 1.807) is 0 Å². The second-order valence-corrected chi connectivity index (χ2v) is 5.93. The summed E-state index contributed by atoms with van der Waals surface area (Å²) in [7, 11) is 2.03. The third-order valence-electron chi connectivity index (χ3n) is 3.41. The van der Waals surface area contributed by atoms with Crippen LogP contribution in [0.1, 0.15) is 23.7 Å². The highest BCUT2D eigenvalue weighted by molar-refractivity contribution is 9.10. The Hall–Kier alpha value is -0.670. The van der Waals surface area contributed by atoms with E-state index in [0.717, 1.165) is 28.4 Å². The van der Waals surface area contributed by atoms with Crippen molar-refractivity contribution in [2.45, 2.75) is 13.3 Å². The van der Waals surface area contributed by atoms with E-state index in [9.17, 15) is 4.79 Å². The number of Topliss-reactive ketones (excluding diaryl/α,β-unsaturated/α-hetero) is 1. The number of ketones is 1. The normalized spacial score (nSPS) is 22.8. The molecule has 0 N–H and O–H groups in total. The Morgan fingerprint density at radius 3 is 2.71 bits per heavy atom. The van der Waals surface area contributed by atoms with Crippen molar-refractivity contribution < 1.29 is 4.79 Å². The summed E-state index contributed by atoms with van der Waals surface area (Å²) >= 11 is 3.42. The Labute approximate surface area is 111 Å². The van der Waals surface area contributed by atoms with Crippen LogP contribution in [-0.4, -0.2) is 30.8 Å². The molecule has 1 fully saturated rings. The number of nitrogens with zero attached hydrogens (tertiary/aromatic N) is 1. The minimum atomic E-state index is 0.188. The smallest absolute Gasteiger partial charge is 0.177 e. The van der Waals surface area contributed by atoms with Crippen molar-refractivity contribution in [3.63, 3.8) is 0 Å². The van der Waals surface area contributed by atoms with Gasteiger partial charge in [0.1, 0.15) is 0 Å². The molecule has 17 heavy (non-hydrogen) atoms. The van der Waals surface area contributed by atoms with Gasteiger partial charge in [-0.05, 0) is 31.4 Å². The highest BCUT2D eigenvalue weighted by Crippen LogP contribution is 2.37. The maximum absolute atomic E-state index is 12.1. The summed E-state index contributed by atoms with van der Waals surface area (Å²) in [5.41, 5.74) is 0.781. The van der Waals surface area contributed by atoms with Gasteiger partial charge >= 0.3 is 0 Å². The maximum atomic E-state index is 12.1. The van der Waals surface area contributed by atoms with Crippen molar-refractivity contribution >= 4 is 21.7 Å². The van der Waals surface area contributed by atoms with Crippen LogP contribution in [0.3, 0.4) is 0 Å². The van der Waals surface area contributed by atoms with Crippen LogP contribution in [-0.2, 0) is 0 Å². The Kier molecular flexibility index (Phi) is 4.00. The largest absolute Gasteiger partial charge is 0.299 e. The Morgan fingerprint density at radius 1 is 1.47 bits per heavy atom. The van der Waals surface area contributed by atoms with Crippen molar-refractivity contribution in [1.82, 2.24) is 4.90 Å². The van der Waals surface area contributed by atoms with Gasteiger partial charge in [0.15, 0.2) is 5.78 Å². The molecule has 2 atom stereocenters. The second kappa shape index (κ2) is 5.32. The van der Waals surface area contributed by atoms with Gasteiger partial charge in [-0.25, -0.2) is 0 Å². The molecule has 0 saturated heterocycles. The quantitative estimate of drug-likeness (QED) is 0.778. The Bertz CT molecular complexity index is 418. The molecule has 2 rings (SSSR count). The summed E-state index contributed by atoms with van der Waals surface area (Å²) < 4.78 is 0.887. The number of hydrogen-bond acceptors (Lipinski definition) is 2. The van der Waals surface area contributed by atoms with Crippen molar-refractivity contribution in [2.75, 3.05) is 20.1 Å². The predicted octanol–water partition coefficient (Wildman–Crippen LogP) is 3.22. The van der Waals surface area contributed by atoms with E-state index in [1.165, 1.54) is 6.42 Å². The van der Waals surface area contributed by atoms with E-state index >= 15 is 0 Å². The molecule has 3 heteroatoms. The third kappa shape index (κ3) is 3.39. The lowest BCUT2D eigenvalue weighted by molar-refractivity contribution is 0.0942. The van der Waals surface area contributed by atoms with Gasteiger partial charge in [-0.3, -0.25) is 9.69 Å². The van der Waals surface area contributed by atoms with Gasteiger partial charge in [-0.15, -0.1) is 0 Å². The molecule has 0 bridgehead atoms. The fraction of sp³-hybridized carbons (Fsp3) is 0.500. The minimum Gasteiger partial charge on any atom is -0.299 e. The molecule has 2 unspecified atom stereocenters. The van der Waals surface area contributed by atoms with Gasteiger partial charge in [0, 0.05) is 16.6 Å². The average molecular weight is 296 g/mol. The summed E-state index contributed by atoms with van der Waals surface area (Å²) in [6.45, 7) is 3.82. The van der Waals surface area contributed by atoms with Crippen molar-refractivity contribution in [3.8, 4) is 0 Å². The first-order chi connectivity index (χ1) is 8.08. The Morgan fingerprint density at radius 2 is 2.12 bits per heavy atom. The van der Waals surface area contributed by atoms with Gasteiger partial charge in [-0.1, -0.05) is 41.1 Å². The first kappa shape index (κ1) is 12.8. The summed E-state index contributed by atoms with van der Waals surface area (Å²) in [6.07, 6.45) is 1.31. The highest BCUT2D eigenvalue weighted by Gasteiger charge is 2.33. The number of carbonyl (C=O) groups excluding carboxylic acids is 1. The van der Waals surface area contributed by atoms with Crippen molar-refractivity contribution in [2.24, 2.45) is 11.8 Å². The predicted molar refractivity (Wildman–Crippen MR) is 73.2 cm³/mol.